The van der Waals surface area contributed by atoms with E-state index >= 15 is 0 Å². The van der Waals surface area contributed by atoms with E-state index in [0.717, 1.165) is 0 Å². The van der Waals surface area contributed by atoms with Gasteiger partial charge in [0.2, 0.25) is 12.0 Å². The summed E-state index contributed by atoms with van der Waals surface area (Å²) < 4.78 is 58.3. The number of nitrogens with zero attached hydrogens (tertiary/aromatic N) is 4. The number of nitrogens with two attached hydrogens (primary N) is 1. The molecule has 1 aliphatic carbocycles. The first-order chi connectivity index (χ1) is 17.5. The topological polar surface area (TPSA) is 231 Å². The Labute approximate surface area is 209 Å². The summed E-state index contributed by atoms with van der Waals surface area (Å²) in [5.74, 6) is -0.0868. The highest BCUT2D eigenvalue weighted by atomic mass is 31.3. The lowest BCUT2D eigenvalue weighted by molar-refractivity contribution is -0.717. The Kier molecular flexibility index (Phi) is 7.43. The molecule has 0 amide bonds. The SMILES string of the molecule is COCO[C@@H]1C[C@H]2COP(=O)(O)OP(=O)(O)OC[C@H]3O[C@H]([C@H](O)[C@@H]3O)n3cnc4c(N)[n+](cnc43)[C@@H]1C2. The van der Waals surface area contributed by atoms with Gasteiger partial charge in [-0.2, -0.15) is 4.31 Å². The predicted molar refractivity (Wildman–Crippen MR) is 119 cm³/mol. The summed E-state index contributed by atoms with van der Waals surface area (Å²) in [7, 11) is -8.70. The van der Waals surface area contributed by atoms with Crippen LogP contribution in [0.15, 0.2) is 12.7 Å². The molecule has 17 nitrogen and oxygen atoms in total. The van der Waals surface area contributed by atoms with Crippen LogP contribution in [-0.4, -0.2) is 86.1 Å². The molecule has 3 aliphatic heterocycles. The maximum Gasteiger partial charge on any atom is 0.481 e. The second-order valence-corrected chi connectivity index (χ2v) is 12.1. The number of rotatable bonds is 3. The van der Waals surface area contributed by atoms with Gasteiger partial charge in [-0.1, -0.05) is 4.98 Å². The summed E-state index contributed by atoms with van der Waals surface area (Å²) in [6.45, 7) is -1.08. The van der Waals surface area contributed by atoms with Crippen molar-refractivity contribution in [2.24, 2.45) is 5.92 Å². The van der Waals surface area contributed by atoms with E-state index in [9.17, 15) is 29.1 Å². The Morgan fingerprint density at radius 3 is 2.62 bits per heavy atom. The molecule has 8 bridgehead atoms. The second kappa shape index (κ2) is 10.2. The minimum absolute atomic E-state index is 0.0213. The number of anilines is 1. The van der Waals surface area contributed by atoms with Crippen LogP contribution < -0.4 is 10.3 Å². The van der Waals surface area contributed by atoms with Crippen molar-refractivity contribution >= 4 is 32.6 Å². The zero-order valence-corrected chi connectivity index (χ0v) is 21.3. The molecule has 2 unspecified atom stereocenters. The largest absolute Gasteiger partial charge is 0.481 e. The number of aliphatic hydroxyl groups excluding tert-OH is 2. The molecule has 4 aliphatic rings. The van der Waals surface area contributed by atoms with Gasteiger partial charge in [0, 0.05) is 7.11 Å². The average Bonchev–Trinajstić information content (AvgIpc) is 3.51. The van der Waals surface area contributed by atoms with E-state index in [2.05, 4.69) is 14.3 Å². The number of aliphatic hydroxyl groups is 2. The number of phosphoric ester groups is 2. The van der Waals surface area contributed by atoms with E-state index in [4.69, 9.17) is 29.0 Å². The molecule has 1 saturated heterocycles. The minimum atomic E-state index is -5.13. The Bertz CT molecular complexity index is 1250. The van der Waals surface area contributed by atoms with Crippen LogP contribution in [0.5, 0.6) is 0 Å². The molecule has 206 valence electrons. The number of fused-ring (bicyclic) bond motifs is 7. The average molecular weight is 568 g/mol. The zero-order valence-electron chi connectivity index (χ0n) is 19.5. The summed E-state index contributed by atoms with van der Waals surface area (Å²) in [5, 5.41) is 21.0. The van der Waals surface area contributed by atoms with Crippen molar-refractivity contribution in [3.63, 3.8) is 0 Å². The molecule has 0 radical (unpaired) electrons. The quantitative estimate of drug-likeness (QED) is 0.172. The number of phosphoric acid groups is 2. The highest BCUT2D eigenvalue weighted by molar-refractivity contribution is 7.61. The van der Waals surface area contributed by atoms with E-state index in [0.29, 0.717) is 18.4 Å². The van der Waals surface area contributed by atoms with Gasteiger partial charge >= 0.3 is 15.6 Å². The smallest absolute Gasteiger partial charge is 0.387 e. The van der Waals surface area contributed by atoms with Crippen LogP contribution in [0.4, 0.5) is 5.82 Å². The van der Waals surface area contributed by atoms with Gasteiger partial charge in [-0.15, -0.1) is 0 Å². The molecule has 2 fully saturated rings. The first kappa shape index (κ1) is 27.0. The van der Waals surface area contributed by atoms with Gasteiger partial charge in [0.1, 0.15) is 37.5 Å². The third-order valence-electron chi connectivity index (χ3n) is 6.61. The van der Waals surface area contributed by atoms with Crippen LogP contribution in [0.3, 0.4) is 0 Å². The van der Waals surface area contributed by atoms with Crippen LogP contribution >= 0.6 is 15.6 Å². The fourth-order valence-corrected chi connectivity index (χ4v) is 7.05. The molecule has 9 atom stereocenters. The van der Waals surface area contributed by atoms with E-state index in [1.807, 2.05) is 0 Å². The minimum Gasteiger partial charge on any atom is -0.387 e. The lowest BCUT2D eigenvalue weighted by Crippen LogP contribution is -2.47. The number of nitrogen functional groups attached to an aromatic ring is 1. The van der Waals surface area contributed by atoms with Crippen molar-refractivity contribution in [3.05, 3.63) is 12.7 Å². The fraction of sp³-hybridized carbons (Fsp3) is 0.722. The molecule has 2 aromatic rings. The molecule has 37 heavy (non-hydrogen) atoms. The highest BCUT2D eigenvalue weighted by Crippen LogP contribution is 2.61. The van der Waals surface area contributed by atoms with Gasteiger partial charge in [-0.25, -0.2) is 18.7 Å². The maximum atomic E-state index is 12.4. The fourth-order valence-electron chi connectivity index (χ4n) is 4.89. The molecule has 6 rings (SSSR count). The van der Waals surface area contributed by atoms with E-state index in [1.165, 1.54) is 24.3 Å². The predicted octanol–water partition coefficient (Wildman–Crippen LogP) is -0.875. The lowest BCUT2D eigenvalue weighted by atomic mass is 10.1. The number of aromatic nitrogens is 4. The molecule has 5 heterocycles. The Morgan fingerprint density at radius 1 is 1.16 bits per heavy atom. The molecule has 0 spiro atoms. The van der Waals surface area contributed by atoms with Crippen LogP contribution in [-0.2, 0) is 36.7 Å². The van der Waals surface area contributed by atoms with Crippen LogP contribution in [0, 0.1) is 5.92 Å². The van der Waals surface area contributed by atoms with Crippen molar-refractivity contribution in [2.45, 2.75) is 49.5 Å². The number of ether oxygens (including phenoxy) is 3. The summed E-state index contributed by atoms with van der Waals surface area (Å²) in [6.07, 6.45) is -2.44. The first-order valence-electron chi connectivity index (χ1n) is 11.3. The van der Waals surface area contributed by atoms with E-state index in [1.54, 1.807) is 4.57 Å². The number of imidazole rings is 1. The summed E-state index contributed by atoms with van der Waals surface area (Å²) in [6, 6.07) is -0.393. The lowest BCUT2D eigenvalue weighted by Gasteiger charge is -2.20. The van der Waals surface area contributed by atoms with E-state index < -0.39 is 58.9 Å². The molecular formula is C18H28N5O12P2+. The third-order valence-corrected chi connectivity index (χ3v) is 9.21. The maximum absolute atomic E-state index is 12.4. The molecule has 6 N–H and O–H groups in total. The van der Waals surface area contributed by atoms with Gasteiger partial charge in [0.15, 0.2) is 11.7 Å². The second-order valence-electron chi connectivity index (χ2n) is 9.03. The Hall–Kier alpha value is -1.59. The van der Waals surface area contributed by atoms with Gasteiger partial charge in [0.25, 0.3) is 5.82 Å². The number of hydrogen-bond acceptors (Lipinski definition) is 13. The van der Waals surface area contributed by atoms with Crippen molar-refractivity contribution in [3.8, 4) is 0 Å². The monoisotopic (exact) mass is 568 g/mol. The summed E-state index contributed by atoms with van der Waals surface area (Å²) in [4.78, 5) is 28.8. The third kappa shape index (κ3) is 5.32. The summed E-state index contributed by atoms with van der Waals surface area (Å²) in [5.41, 5.74) is 7.02. The van der Waals surface area contributed by atoms with Crippen molar-refractivity contribution in [1.82, 2.24) is 14.5 Å². The van der Waals surface area contributed by atoms with Crippen LogP contribution in [0.2, 0.25) is 0 Å². The molecule has 2 aromatic heterocycles. The van der Waals surface area contributed by atoms with Crippen LogP contribution in [0.1, 0.15) is 25.1 Å². The standard InChI is InChI=1S/C18H27N5O12P2/c1-30-8-31-11-3-9-2-10(11)22-7-21-17-13(16(22)19)20-6-23(17)18-15(25)14(24)12(34-18)5-33-37(28,29)35-36(26,27)32-4-9/h6-7,9-12,14-15,18-19,24-25H,2-5,8H2,1H3,(H2,26,27,28,29)/p+1/t9-,10+,11+,12+,14+,15+,18+/m0/s1. The van der Waals surface area contributed by atoms with Crippen molar-refractivity contribution in [2.75, 3.05) is 32.9 Å². The van der Waals surface area contributed by atoms with Crippen molar-refractivity contribution in [1.29, 1.82) is 0 Å². The number of hydrogen-bond donors (Lipinski definition) is 5. The van der Waals surface area contributed by atoms with Gasteiger partial charge < -0.3 is 39.9 Å². The zero-order chi connectivity index (χ0) is 26.5. The van der Waals surface area contributed by atoms with Gasteiger partial charge in [-0.3, -0.25) is 13.6 Å². The first-order valence-corrected chi connectivity index (χ1v) is 14.3. The molecule has 0 aromatic carbocycles. The van der Waals surface area contributed by atoms with E-state index in [-0.39, 0.29) is 30.8 Å². The highest BCUT2D eigenvalue weighted by Gasteiger charge is 2.47. The van der Waals surface area contributed by atoms with Gasteiger partial charge in [0.05, 0.1) is 19.3 Å². The normalized spacial score (nSPS) is 40.8. The van der Waals surface area contributed by atoms with Gasteiger partial charge in [-0.05, 0) is 18.8 Å². The molecular weight excluding hydrogens is 540 g/mol. The van der Waals surface area contributed by atoms with Crippen molar-refractivity contribution < 1.29 is 61.3 Å². The molecule has 1 saturated carbocycles. The Balaban J connectivity index is 1.55. The Morgan fingerprint density at radius 2 is 1.89 bits per heavy atom. The molecule has 19 heteroatoms. The number of methoxy groups -OCH3 is 1. The summed E-state index contributed by atoms with van der Waals surface area (Å²) >= 11 is 0. The van der Waals surface area contributed by atoms with Crippen LogP contribution in [0.25, 0.3) is 11.2 Å².